The van der Waals surface area contributed by atoms with Crippen LogP contribution in [0.3, 0.4) is 0 Å². The summed E-state index contributed by atoms with van der Waals surface area (Å²) < 4.78 is 5.23. The Morgan fingerprint density at radius 3 is 2.90 bits per heavy atom. The number of rotatable bonds is 2. The van der Waals surface area contributed by atoms with Gasteiger partial charge in [0.05, 0.1) is 12.7 Å². The molecule has 0 spiro atoms. The molecule has 0 bridgehead atoms. The van der Waals surface area contributed by atoms with Crippen molar-refractivity contribution in [3.05, 3.63) is 0 Å². The molecule has 1 saturated heterocycles. The zero-order valence-corrected chi connectivity index (χ0v) is 6.04. The average molecular weight is 144 g/mol. The second-order valence-electron chi connectivity index (χ2n) is 2.89. The topological polar surface area (TPSA) is 46.5 Å². The second kappa shape index (κ2) is 2.68. The van der Waals surface area contributed by atoms with Crippen molar-refractivity contribution in [2.24, 2.45) is 0 Å². The molecule has 1 fully saturated rings. The van der Waals surface area contributed by atoms with Crippen LogP contribution in [0.4, 0.5) is 0 Å². The maximum atomic E-state index is 10.4. The minimum Gasteiger partial charge on any atom is -0.394 e. The van der Waals surface area contributed by atoms with Gasteiger partial charge in [-0.3, -0.25) is 0 Å². The molecule has 0 aromatic rings. The van der Waals surface area contributed by atoms with E-state index in [4.69, 9.17) is 9.84 Å². The van der Waals surface area contributed by atoms with E-state index in [1.165, 1.54) is 0 Å². The predicted molar refractivity (Wildman–Crippen MR) is 35.7 cm³/mol. The minimum absolute atomic E-state index is 0.0173. The Kier molecular flexibility index (Phi) is 2.06. The van der Waals surface area contributed by atoms with Crippen LogP contribution in [0.1, 0.15) is 19.8 Å². The van der Waals surface area contributed by atoms with Gasteiger partial charge in [-0.2, -0.15) is 0 Å². The number of carbonyl (C=O) groups is 1. The van der Waals surface area contributed by atoms with E-state index in [0.29, 0.717) is 0 Å². The van der Waals surface area contributed by atoms with E-state index in [0.717, 1.165) is 19.1 Å². The van der Waals surface area contributed by atoms with Crippen molar-refractivity contribution >= 4 is 6.29 Å². The van der Waals surface area contributed by atoms with Crippen LogP contribution in [-0.2, 0) is 9.53 Å². The highest BCUT2D eigenvalue weighted by Gasteiger charge is 2.35. The number of aliphatic hydroxyl groups is 1. The van der Waals surface area contributed by atoms with Crippen molar-refractivity contribution in [3.63, 3.8) is 0 Å². The molecule has 1 heterocycles. The first-order chi connectivity index (χ1) is 4.70. The highest BCUT2D eigenvalue weighted by atomic mass is 16.5. The first-order valence-corrected chi connectivity index (χ1v) is 3.45. The van der Waals surface area contributed by atoms with Gasteiger partial charge < -0.3 is 14.6 Å². The fourth-order valence-corrected chi connectivity index (χ4v) is 1.16. The molecule has 1 rings (SSSR count). The van der Waals surface area contributed by atoms with Crippen molar-refractivity contribution in [2.45, 2.75) is 31.5 Å². The summed E-state index contributed by atoms with van der Waals surface area (Å²) in [6.45, 7) is 1.76. The van der Waals surface area contributed by atoms with Gasteiger partial charge in [-0.05, 0) is 19.8 Å². The number of ether oxygens (including phenoxy) is 1. The van der Waals surface area contributed by atoms with Crippen molar-refractivity contribution in [3.8, 4) is 0 Å². The predicted octanol–water partition coefficient (Wildman–Crippen LogP) is 0.115. The summed E-state index contributed by atoms with van der Waals surface area (Å²) >= 11 is 0. The van der Waals surface area contributed by atoms with Crippen LogP contribution in [0, 0.1) is 0 Å². The lowest BCUT2D eigenvalue weighted by atomic mass is 10.1. The van der Waals surface area contributed by atoms with Crippen LogP contribution < -0.4 is 0 Å². The molecule has 0 amide bonds. The number of aliphatic hydroxyl groups excluding tert-OH is 1. The van der Waals surface area contributed by atoms with Gasteiger partial charge in [0.2, 0.25) is 0 Å². The maximum Gasteiger partial charge on any atom is 0.151 e. The van der Waals surface area contributed by atoms with E-state index in [1.807, 2.05) is 0 Å². The number of hydrogen-bond donors (Lipinski definition) is 1. The molecule has 58 valence electrons. The van der Waals surface area contributed by atoms with Gasteiger partial charge in [0.15, 0.2) is 6.29 Å². The Bertz CT molecular complexity index is 135. The zero-order valence-electron chi connectivity index (χ0n) is 6.04. The average Bonchev–Trinajstić information content (AvgIpc) is 2.33. The lowest BCUT2D eigenvalue weighted by Gasteiger charge is -2.15. The van der Waals surface area contributed by atoms with Crippen molar-refractivity contribution < 1.29 is 14.6 Å². The lowest BCUT2D eigenvalue weighted by molar-refractivity contribution is -0.129. The molecule has 0 aliphatic carbocycles. The van der Waals surface area contributed by atoms with Crippen molar-refractivity contribution in [1.82, 2.24) is 0 Å². The standard InChI is InChI=1S/C7H12O3/c1-7(5-9)3-2-6(4-8)10-7/h5-6,8H,2-4H2,1H3. The molecule has 2 unspecified atom stereocenters. The molecule has 0 saturated carbocycles. The van der Waals surface area contributed by atoms with Gasteiger partial charge in [0.25, 0.3) is 0 Å². The van der Waals surface area contributed by atoms with Gasteiger partial charge in [-0.15, -0.1) is 0 Å². The van der Waals surface area contributed by atoms with Crippen LogP contribution in [0.15, 0.2) is 0 Å². The van der Waals surface area contributed by atoms with E-state index >= 15 is 0 Å². The molecule has 0 aromatic carbocycles. The quantitative estimate of drug-likeness (QED) is 0.560. The summed E-state index contributed by atoms with van der Waals surface area (Å²) in [7, 11) is 0. The third-order valence-electron chi connectivity index (χ3n) is 1.85. The number of aldehydes is 1. The fraction of sp³-hybridized carbons (Fsp3) is 0.857. The third kappa shape index (κ3) is 1.36. The summed E-state index contributed by atoms with van der Waals surface area (Å²) in [6, 6.07) is 0. The zero-order chi connectivity index (χ0) is 7.61. The molecule has 0 aromatic heterocycles. The molecule has 1 aliphatic heterocycles. The summed E-state index contributed by atoms with van der Waals surface area (Å²) in [5, 5.41) is 8.65. The summed E-state index contributed by atoms with van der Waals surface area (Å²) in [4.78, 5) is 10.4. The van der Waals surface area contributed by atoms with E-state index in [9.17, 15) is 4.79 Å². The number of carbonyl (C=O) groups excluding carboxylic acids is 1. The van der Waals surface area contributed by atoms with Crippen LogP contribution in [-0.4, -0.2) is 29.7 Å². The van der Waals surface area contributed by atoms with Crippen molar-refractivity contribution in [2.75, 3.05) is 6.61 Å². The monoisotopic (exact) mass is 144 g/mol. The minimum atomic E-state index is -0.632. The Balaban J connectivity index is 2.48. The largest absolute Gasteiger partial charge is 0.394 e. The SMILES string of the molecule is CC1(C=O)CCC(CO)O1. The van der Waals surface area contributed by atoms with Gasteiger partial charge in [-0.1, -0.05) is 0 Å². The molecule has 10 heavy (non-hydrogen) atoms. The molecular weight excluding hydrogens is 132 g/mol. The molecule has 3 heteroatoms. The van der Waals surface area contributed by atoms with E-state index < -0.39 is 5.60 Å². The Labute approximate surface area is 60.0 Å². The maximum absolute atomic E-state index is 10.4. The summed E-state index contributed by atoms with van der Waals surface area (Å²) in [5.74, 6) is 0. The second-order valence-corrected chi connectivity index (χ2v) is 2.89. The highest BCUT2D eigenvalue weighted by Crippen LogP contribution is 2.27. The molecular formula is C7H12O3. The smallest absolute Gasteiger partial charge is 0.151 e. The number of hydrogen-bond acceptors (Lipinski definition) is 3. The van der Waals surface area contributed by atoms with Gasteiger partial charge in [0, 0.05) is 0 Å². The molecule has 1 aliphatic rings. The van der Waals surface area contributed by atoms with Gasteiger partial charge >= 0.3 is 0 Å². The van der Waals surface area contributed by atoms with Crippen LogP contribution in [0.2, 0.25) is 0 Å². The van der Waals surface area contributed by atoms with E-state index in [2.05, 4.69) is 0 Å². The van der Waals surface area contributed by atoms with E-state index in [-0.39, 0.29) is 12.7 Å². The summed E-state index contributed by atoms with van der Waals surface area (Å²) in [6.07, 6.45) is 2.19. The fourth-order valence-electron chi connectivity index (χ4n) is 1.16. The van der Waals surface area contributed by atoms with Crippen LogP contribution >= 0.6 is 0 Å². The van der Waals surface area contributed by atoms with Gasteiger partial charge in [0.1, 0.15) is 5.60 Å². The Morgan fingerprint density at radius 1 is 1.90 bits per heavy atom. The Hall–Kier alpha value is -0.410. The summed E-state index contributed by atoms with van der Waals surface area (Å²) in [5.41, 5.74) is -0.632. The molecule has 3 nitrogen and oxygen atoms in total. The lowest BCUT2D eigenvalue weighted by Crippen LogP contribution is -2.27. The van der Waals surface area contributed by atoms with Crippen molar-refractivity contribution in [1.29, 1.82) is 0 Å². The normalized spacial score (nSPS) is 40.0. The molecule has 0 radical (unpaired) electrons. The third-order valence-corrected chi connectivity index (χ3v) is 1.85. The molecule has 2 atom stereocenters. The first-order valence-electron chi connectivity index (χ1n) is 3.45. The Morgan fingerprint density at radius 2 is 2.60 bits per heavy atom. The van der Waals surface area contributed by atoms with Gasteiger partial charge in [-0.25, -0.2) is 0 Å². The van der Waals surface area contributed by atoms with E-state index in [1.54, 1.807) is 6.92 Å². The van der Waals surface area contributed by atoms with Crippen LogP contribution in [0.5, 0.6) is 0 Å². The highest BCUT2D eigenvalue weighted by molar-refractivity contribution is 5.62. The molecule has 1 N–H and O–H groups in total. The van der Waals surface area contributed by atoms with Crippen LogP contribution in [0.25, 0.3) is 0 Å². The first kappa shape index (κ1) is 7.69.